The zero-order valence-corrected chi connectivity index (χ0v) is 11.0. The number of anilines is 1. The highest BCUT2D eigenvalue weighted by atomic mass is 16.6. The predicted octanol–water partition coefficient (Wildman–Crippen LogP) is 2.27. The largest absolute Gasteiger partial charge is 0.370 e. The highest BCUT2D eigenvalue weighted by Gasteiger charge is 2.29. The van der Waals surface area contributed by atoms with Crippen LogP contribution in [-0.2, 0) is 0 Å². The van der Waals surface area contributed by atoms with Crippen LogP contribution in [0.4, 0.5) is 11.4 Å². The molecule has 102 valence electrons. The lowest BCUT2D eigenvalue weighted by atomic mass is 10.2. The van der Waals surface area contributed by atoms with Crippen molar-refractivity contribution < 1.29 is 4.92 Å². The maximum absolute atomic E-state index is 10.7. The lowest BCUT2D eigenvalue weighted by Gasteiger charge is -2.23. The van der Waals surface area contributed by atoms with Gasteiger partial charge < -0.3 is 4.90 Å². The van der Waals surface area contributed by atoms with Crippen LogP contribution in [0.5, 0.6) is 0 Å². The van der Waals surface area contributed by atoms with Crippen molar-refractivity contribution in [2.24, 2.45) is 0 Å². The fraction of sp³-hybridized carbons (Fsp3) is 0.571. The van der Waals surface area contributed by atoms with E-state index in [0.29, 0.717) is 0 Å². The van der Waals surface area contributed by atoms with Crippen LogP contribution in [0.25, 0.3) is 0 Å². The van der Waals surface area contributed by atoms with Gasteiger partial charge in [0.15, 0.2) is 0 Å². The molecule has 0 radical (unpaired) electrons. The minimum atomic E-state index is -0.346. The van der Waals surface area contributed by atoms with Gasteiger partial charge in [-0.15, -0.1) is 0 Å². The van der Waals surface area contributed by atoms with E-state index in [2.05, 4.69) is 9.80 Å². The smallest absolute Gasteiger partial charge is 0.269 e. The van der Waals surface area contributed by atoms with Crippen molar-refractivity contribution in [3.8, 4) is 0 Å². The van der Waals surface area contributed by atoms with Crippen LogP contribution in [-0.4, -0.2) is 42.0 Å². The Kier molecular flexibility index (Phi) is 3.38. The Hall–Kier alpha value is -1.62. The molecule has 0 N–H and O–H groups in total. The van der Waals surface area contributed by atoms with Crippen LogP contribution >= 0.6 is 0 Å². The summed E-state index contributed by atoms with van der Waals surface area (Å²) in [7, 11) is 0. The van der Waals surface area contributed by atoms with Crippen molar-refractivity contribution in [2.75, 3.05) is 31.1 Å². The molecule has 1 aliphatic carbocycles. The van der Waals surface area contributed by atoms with Gasteiger partial charge >= 0.3 is 0 Å². The SMILES string of the molecule is O=[N+]([O-])c1ccc(N2CCCN(C3CC3)CC2)cc1. The molecule has 2 aliphatic rings. The maximum Gasteiger partial charge on any atom is 0.269 e. The number of nitrogens with zero attached hydrogens (tertiary/aromatic N) is 3. The zero-order chi connectivity index (χ0) is 13.2. The average Bonchev–Trinajstić information content (AvgIpc) is 3.25. The molecule has 1 aliphatic heterocycles. The summed E-state index contributed by atoms with van der Waals surface area (Å²) in [4.78, 5) is 15.2. The molecule has 1 aromatic rings. The molecule has 5 heteroatoms. The number of rotatable bonds is 3. The summed E-state index contributed by atoms with van der Waals surface area (Å²) < 4.78 is 0. The molecule has 1 aromatic carbocycles. The molecule has 1 heterocycles. The van der Waals surface area contributed by atoms with Gasteiger partial charge in [0.2, 0.25) is 0 Å². The Bertz CT molecular complexity index is 456. The van der Waals surface area contributed by atoms with E-state index in [1.165, 1.54) is 25.8 Å². The molecule has 0 bridgehead atoms. The molecule has 0 amide bonds. The van der Waals surface area contributed by atoms with Crippen LogP contribution in [0.1, 0.15) is 19.3 Å². The van der Waals surface area contributed by atoms with Crippen molar-refractivity contribution >= 4 is 11.4 Å². The molecule has 3 rings (SSSR count). The van der Waals surface area contributed by atoms with Gasteiger partial charge in [0.1, 0.15) is 0 Å². The first-order chi connectivity index (χ1) is 9.24. The van der Waals surface area contributed by atoms with Crippen molar-refractivity contribution in [1.82, 2.24) is 4.90 Å². The average molecular weight is 261 g/mol. The molecular weight excluding hydrogens is 242 g/mol. The molecule has 0 aromatic heterocycles. The van der Waals surface area contributed by atoms with E-state index >= 15 is 0 Å². The summed E-state index contributed by atoms with van der Waals surface area (Å²) >= 11 is 0. The molecule has 2 fully saturated rings. The molecular formula is C14H19N3O2. The van der Waals surface area contributed by atoms with Gasteiger partial charge in [-0.3, -0.25) is 15.0 Å². The van der Waals surface area contributed by atoms with E-state index in [0.717, 1.165) is 31.4 Å². The minimum absolute atomic E-state index is 0.165. The lowest BCUT2D eigenvalue weighted by molar-refractivity contribution is -0.384. The van der Waals surface area contributed by atoms with Gasteiger partial charge in [-0.2, -0.15) is 0 Å². The molecule has 0 spiro atoms. The first-order valence-corrected chi connectivity index (χ1v) is 6.97. The second-order valence-electron chi connectivity index (χ2n) is 5.38. The number of benzene rings is 1. The summed E-state index contributed by atoms with van der Waals surface area (Å²) in [5, 5.41) is 10.7. The van der Waals surface area contributed by atoms with E-state index in [4.69, 9.17) is 0 Å². The number of nitro groups is 1. The van der Waals surface area contributed by atoms with Crippen LogP contribution in [0.2, 0.25) is 0 Å². The Morgan fingerprint density at radius 3 is 2.42 bits per heavy atom. The molecule has 0 unspecified atom stereocenters. The van der Waals surface area contributed by atoms with Gasteiger partial charge in [-0.05, 0) is 31.4 Å². The number of nitro benzene ring substituents is 1. The van der Waals surface area contributed by atoms with E-state index in [9.17, 15) is 10.1 Å². The van der Waals surface area contributed by atoms with E-state index < -0.39 is 0 Å². The Balaban J connectivity index is 1.66. The highest BCUT2D eigenvalue weighted by Crippen LogP contribution is 2.28. The predicted molar refractivity (Wildman–Crippen MR) is 74.5 cm³/mol. The third-order valence-corrected chi connectivity index (χ3v) is 4.02. The Morgan fingerprint density at radius 1 is 1.05 bits per heavy atom. The molecule has 19 heavy (non-hydrogen) atoms. The topological polar surface area (TPSA) is 49.6 Å². The van der Waals surface area contributed by atoms with Crippen LogP contribution in [0, 0.1) is 10.1 Å². The third-order valence-electron chi connectivity index (χ3n) is 4.02. The van der Waals surface area contributed by atoms with Crippen molar-refractivity contribution in [2.45, 2.75) is 25.3 Å². The van der Waals surface area contributed by atoms with Crippen LogP contribution in [0.15, 0.2) is 24.3 Å². The van der Waals surface area contributed by atoms with Gasteiger partial charge in [0, 0.05) is 50.0 Å². The van der Waals surface area contributed by atoms with Crippen molar-refractivity contribution in [3.05, 3.63) is 34.4 Å². The molecule has 5 nitrogen and oxygen atoms in total. The Morgan fingerprint density at radius 2 is 1.79 bits per heavy atom. The van der Waals surface area contributed by atoms with Crippen molar-refractivity contribution in [3.63, 3.8) is 0 Å². The van der Waals surface area contributed by atoms with E-state index in [1.807, 2.05) is 12.1 Å². The molecule has 1 saturated heterocycles. The van der Waals surface area contributed by atoms with Gasteiger partial charge in [0.25, 0.3) is 5.69 Å². The summed E-state index contributed by atoms with van der Waals surface area (Å²) in [5.41, 5.74) is 1.27. The molecule has 1 saturated carbocycles. The monoisotopic (exact) mass is 261 g/mol. The number of hydrogen-bond acceptors (Lipinski definition) is 4. The standard InChI is InChI=1S/C14H19N3O2/c18-17(19)14-6-4-13(5-7-14)16-9-1-8-15(10-11-16)12-2-3-12/h4-7,12H,1-3,8-11H2. The second kappa shape index (κ2) is 5.17. The van der Waals surface area contributed by atoms with E-state index in [1.54, 1.807) is 12.1 Å². The zero-order valence-electron chi connectivity index (χ0n) is 11.0. The summed E-state index contributed by atoms with van der Waals surface area (Å²) in [6.45, 7) is 4.37. The minimum Gasteiger partial charge on any atom is -0.370 e. The molecule has 0 atom stereocenters. The summed E-state index contributed by atoms with van der Waals surface area (Å²) in [6, 6.07) is 7.75. The van der Waals surface area contributed by atoms with Crippen LogP contribution < -0.4 is 4.90 Å². The fourth-order valence-corrected chi connectivity index (χ4v) is 2.79. The third kappa shape index (κ3) is 2.87. The maximum atomic E-state index is 10.7. The summed E-state index contributed by atoms with van der Waals surface area (Å²) in [6.07, 6.45) is 3.89. The number of hydrogen-bond donors (Lipinski definition) is 0. The van der Waals surface area contributed by atoms with Gasteiger partial charge in [-0.25, -0.2) is 0 Å². The quantitative estimate of drug-likeness (QED) is 0.618. The summed E-state index contributed by atoms with van der Waals surface area (Å²) in [5.74, 6) is 0. The number of non-ortho nitro benzene ring substituents is 1. The van der Waals surface area contributed by atoms with Gasteiger partial charge in [-0.1, -0.05) is 0 Å². The second-order valence-corrected chi connectivity index (χ2v) is 5.38. The normalized spacial score (nSPS) is 21.2. The fourth-order valence-electron chi connectivity index (χ4n) is 2.79. The van der Waals surface area contributed by atoms with Crippen molar-refractivity contribution in [1.29, 1.82) is 0 Å². The first-order valence-electron chi connectivity index (χ1n) is 6.97. The van der Waals surface area contributed by atoms with Gasteiger partial charge in [0.05, 0.1) is 4.92 Å². The van der Waals surface area contributed by atoms with Crippen LogP contribution in [0.3, 0.4) is 0 Å². The lowest BCUT2D eigenvalue weighted by Crippen LogP contribution is -2.32. The van der Waals surface area contributed by atoms with E-state index in [-0.39, 0.29) is 10.6 Å². The Labute approximate surface area is 113 Å². The highest BCUT2D eigenvalue weighted by molar-refractivity contribution is 5.51. The first kappa shape index (κ1) is 12.4.